The Kier molecular flexibility index (Phi) is 4.67. The lowest BCUT2D eigenvalue weighted by Gasteiger charge is -2.12. The van der Waals surface area contributed by atoms with Crippen molar-refractivity contribution >= 4 is 27.3 Å². The SMILES string of the molecule is COc1cc(NS(=O)(=O)c2ccccc2)ccc1NC(C)=O. The fraction of sp³-hybridized carbons (Fsp3) is 0.133. The summed E-state index contributed by atoms with van der Waals surface area (Å²) in [5.41, 5.74) is 0.812. The first-order valence-electron chi connectivity index (χ1n) is 6.46. The lowest BCUT2D eigenvalue weighted by molar-refractivity contribution is -0.114. The molecule has 116 valence electrons. The van der Waals surface area contributed by atoms with Gasteiger partial charge in [0.05, 0.1) is 23.4 Å². The zero-order valence-corrected chi connectivity index (χ0v) is 13.0. The third-order valence-corrected chi connectivity index (χ3v) is 4.22. The van der Waals surface area contributed by atoms with Crippen LogP contribution in [0.1, 0.15) is 6.92 Å². The summed E-state index contributed by atoms with van der Waals surface area (Å²) in [4.78, 5) is 11.3. The number of carbonyl (C=O) groups is 1. The van der Waals surface area contributed by atoms with Gasteiger partial charge in [0.25, 0.3) is 10.0 Å². The number of rotatable bonds is 5. The predicted molar refractivity (Wildman–Crippen MR) is 84.5 cm³/mol. The molecule has 0 radical (unpaired) electrons. The maximum absolute atomic E-state index is 12.2. The fourth-order valence-electron chi connectivity index (χ4n) is 1.86. The molecule has 0 atom stereocenters. The number of ether oxygens (including phenoxy) is 1. The second-order valence-electron chi connectivity index (χ2n) is 4.51. The maximum Gasteiger partial charge on any atom is 0.261 e. The predicted octanol–water partition coefficient (Wildman–Crippen LogP) is 2.45. The van der Waals surface area contributed by atoms with Crippen LogP contribution >= 0.6 is 0 Å². The summed E-state index contributed by atoms with van der Waals surface area (Å²) < 4.78 is 32.1. The molecule has 1 amide bonds. The van der Waals surface area contributed by atoms with Crippen LogP contribution in [-0.2, 0) is 14.8 Å². The number of carbonyl (C=O) groups excluding carboxylic acids is 1. The van der Waals surface area contributed by atoms with E-state index in [9.17, 15) is 13.2 Å². The molecule has 0 bridgehead atoms. The van der Waals surface area contributed by atoms with Gasteiger partial charge in [-0.05, 0) is 24.3 Å². The number of sulfonamides is 1. The van der Waals surface area contributed by atoms with Crippen molar-refractivity contribution in [3.05, 3.63) is 48.5 Å². The van der Waals surface area contributed by atoms with Crippen LogP contribution in [-0.4, -0.2) is 21.4 Å². The third kappa shape index (κ3) is 3.76. The van der Waals surface area contributed by atoms with E-state index < -0.39 is 10.0 Å². The monoisotopic (exact) mass is 320 g/mol. The molecular weight excluding hydrogens is 304 g/mol. The smallest absolute Gasteiger partial charge is 0.261 e. The number of methoxy groups -OCH3 is 1. The number of anilines is 2. The molecule has 0 unspecified atom stereocenters. The van der Waals surface area contributed by atoms with Crippen LogP contribution in [0.5, 0.6) is 5.75 Å². The number of amides is 1. The van der Waals surface area contributed by atoms with E-state index >= 15 is 0 Å². The zero-order chi connectivity index (χ0) is 16.2. The summed E-state index contributed by atoms with van der Waals surface area (Å²) in [5.74, 6) is 0.124. The van der Waals surface area contributed by atoms with Gasteiger partial charge >= 0.3 is 0 Å². The molecule has 22 heavy (non-hydrogen) atoms. The molecule has 2 aromatic carbocycles. The van der Waals surface area contributed by atoms with E-state index in [0.29, 0.717) is 17.1 Å². The summed E-state index contributed by atoms with van der Waals surface area (Å²) in [5, 5.41) is 2.60. The van der Waals surface area contributed by atoms with Gasteiger partial charge in [-0.25, -0.2) is 8.42 Å². The summed E-state index contributed by atoms with van der Waals surface area (Å²) in [7, 11) is -2.23. The molecule has 2 aromatic rings. The lowest BCUT2D eigenvalue weighted by Crippen LogP contribution is -2.13. The van der Waals surface area contributed by atoms with Gasteiger partial charge in [0.15, 0.2) is 0 Å². The third-order valence-electron chi connectivity index (χ3n) is 2.82. The van der Waals surface area contributed by atoms with E-state index in [2.05, 4.69) is 10.0 Å². The largest absolute Gasteiger partial charge is 0.494 e. The number of hydrogen-bond acceptors (Lipinski definition) is 4. The standard InChI is InChI=1S/C15H16N2O4S/c1-11(18)16-14-9-8-12(10-15(14)21-2)17-22(19,20)13-6-4-3-5-7-13/h3-10,17H,1-2H3,(H,16,18). The van der Waals surface area contributed by atoms with E-state index in [0.717, 1.165) is 0 Å². The van der Waals surface area contributed by atoms with Gasteiger partial charge in [-0.1, -0.05) is 18.2 Å². The summed E-state index contributed by atoms with van der Waals surface area (Å²) in [6.45, 7) is 1.38. The Morgan fingerprint density at radius 3 is 2.36 bits per heavy atom. The van der Waals surface area contributed by atoms with Crippen LogP contribution in [0.2, 0.25) is 0 Å². The first kappa shape index (κ1) is 15.8. The second kappa shape index (κ2) is 6.48. The van der Waals surface area contributed by atoms with Crippen LogP contribution in [0.3, 0.4) is 0 Å². The Morgan fingerprint density at radius 2 is 1.77 bits per heavy atom. The van der Waals surface area contributed by atoms with E-state index in [1.165, 1.54) is 32.2 Å². The van der Waals surface area contributed by atoms with Crippen molar-refractivity contribution in [3.8, 4) is 5.75 Å². The Morgan fingerprint density at radius 1 is 1.09 bits per heavy atom. The Balaban J connectivity index is 2.29. The second-order valence-corrected chi connectivity index (χ2v) is 6.20. The molecule has 0 aliphatic rings. The molecule has 7 heteroatoms. The first-order chi connectivity index (χ1) is 10.4. The minimum absolute atomic E-state index is 0.167. The molecule has 2 N–H and O–H groups in total. The molecule has 6 nitrogen and oxygen atoms in total. The van der Waals surface area contributed by atoms with Gasteiger partial charge in [0, 0.05) is 13.0 Å². The maximum atomic E-state index is 12.2. The molecule has 0 aliphatic heterocycles. The quantitative estimate of drug-likeness (QED) is 0.886. The number of benzene rings is 2. The molecule has 0 heterocycles. The van der Waals surface area contributed by atoms with Crippen molar-refractivity contribution in [1.29, 1.82) is 0 Å². The van der Waals surface area contributed by atoms with Crippen molar-refractivity contribution in [2.24, 2.45) is 0 Å². The van der Waals surface area contributed by atoms with Gasteiger partial charge in [0.1, 0.15) is 5.75 Å². The molecule has 0 aromatic heterocycles. The van der Waals surface area contributed by atoms with Gasteiger partial charge in [-0.2, -0.15) is 0 Å². The Hall–Kier alpha value is -2.54. The van der Waals surface area contributed by atoms with Gasteiger partial charge < -0.3 is 10.1 Å². The van der Waals surface area contributed by atoms with E-state index in [-0.39, 0.29) is 10.8 Å². The molecule has 2 rings (SSSR count). The minimum atomic E-state index is -3.67. The van der Waals surface area contributed by atoms with E-state index in [4.69, 9.17) is 4.74 Å². The highest BCUT2D eigenvalue weighted by atomic mass is 32.2. The topological polar surface area (TPSA) is 84.5 Å². The van der Waals surface area contributed by atoms with Crippen LogP contribution in [0.4, 0.5) is 11.4 Å². The van der Waals surface area contributed by atoms with Crippen molar-refractivity contribution < 1.29 is 17.9 Å². The van der Waals surface area contributed by atoms with Crippen LogP contribution in [0.15, 0.2) is 53.4 Å². The van der Waals surface area contributed by atoms with Crippen molar-refractivity contribution in [2.75, 3.05) is 17.1 Å². The molecule has 0 saturated carbocycles. The molecule has 0 saturated heterocycles. The lowest BCUT2D eigenvalue weighted by atomic mass is 10.2. The Labute approximate surface area is 129 Å². The fourth-order valence-corrected chi connectivity index (χ4v) is 2.93. The number of hydrogen-bond donors (Lipinski definition) is 2. The number of nitrogens with one attached hydrogen (secondary N) is 2. The Bertz CT molecular complexity index is 773. The summed E-state index contributed by atoms with van der Waals surface area (Å²) >= 11 is 0. The normalized spacial score (nSPS) is 10.8. The highest BCUT2D eigenvalue weighted by Gasteiger charge is 2.14. The molecule has 0 spiro atoms. The molecule has 0 fully saturated rings. The molecule has 0 aliphatic carbocycles. The van der Waals surface area contributed by atoms with Crippen LogP contribution < -0.4 is 14.8 Å². The zero-order valence-electron chi connectivity index (χ0n) is 12.2. The van der Waals surface area contributed by atoms with Gasteiger partial charge in [-0.3, -0.25) is 9.52 Å². The van der Waals surface area contributed by atoms with Gasteiger partial charge in [0.2, 0.25) is 5.91 Å². The van der Waals surface area contributed by atoms with Crippen LogP contribution in [0, 0.1) is 0 Å². The van der Waals surface area contributed by atoms with Crippen molar-refractivity contribution in [2.45, 2.75) is 11.8 Å². The van der Waals surface area contributed by atoms with E-state index in [1.54, 1.807) is 30.3 Å². The summed E-state index contributed by atoms with van der Waals surface area (Å²) in [6.07, 6.45) is 0. The highest BCUT2D eigenvalue weighted by molar-refractivity contribution is 7.92. The van der Waals surface area contributed by atoms with Crippen LogP contribution in [0.25, 0.3) is 0 Å². The van der Waals surface area contributed by atoms with E-state index in [1.807, 2.05) is 0 Å². The first-order valence-corrected chi connectivity index (χ1v) is 7.94. The average molecular weight is 320 g/mol. The summed E-state index contributed by atoms with van der Waals surface area (Å²) in [6, 6.07) is 12.7. The highest BCUT2D eigenvalue weighted by Crippen LogP contribution is 2.29. The minimum Gasteiger partial charge on any atom is -0.494 e. The molecular formula is C15H16N2O4S. The van der Waals surface area contributed by atoms with Crippen molar-refractivity contribution in [1.82, 2.24) is 0 Å². The van der Waals surface area contributed by atoms with Crippen molar-refractivity contribution in [3.63, 3.8) is 0 Å². The average Bonchev–Trinajstić information content (AvgIpc) is 2.49. The van der Waals surface area contributed by atoms with Gasteiger partial charge in [-0.15, -0.1) is 0 Å².